The first-order chi connectivity index (χ1) is 10.4. The molecular formula is C15H21N3O3S. The van der Waals surface area contributed by atoms with Crippen molar-refractivity contribution in [1.82, 2.24) is 9.62 Å². The fourth-order valence-electron chi connectivity index (χ4n) is 1.91. The van der Waals surface area contributed by atoms with E-state index in [1.807, 2.05) is 6.92 Å². The third kappa shape index (κ3) is 5.47. The van der Waals surface area contributed by atoms with E-state index < -0.39 is 10.0 Å². The van der Waals surface area contributed by atoms with Gasteiger partial charge in [-0.15, -0.1) is 0 Å². The summed E-state index contributed by atoms with van der Waals surface area (Å²) in [4.78, 5) is 13.8. The van der Waals surface area contributed by atoms with Crippen LogP contribution in [-0.2, 0) is 14.8 Å². The molecule has 0 aromatic heterocycles. The lowest BCUT2D eigenvalue weighted by molar-refractivity contribution is -0.131. The minimum atomic E-state index is -3.59. The molecule has 6 nitrogen and oxygen atoms in total. The molecule has 1 rings (SSSR count). The number of carbonyl (C=O) groups is 1. The Morgan fingerprint density at radius 3 is 2.55 bits per heavy atom. The maximum absolute atomic E-state index is 12.0. The summed E-state index contributed by atoms with van der Waals surface area (Å²) >= 11 is 0. The van der Waals surface area contributed by atoms with Gasteiger partial charge in [0.2, 0.25) is 15.9 Å². The number of amides is 1. The average molecular weight is 323 g/mol. The fourth-order valence-corrected chi connectivity index (χ4v) is 2.96. The van der Waals surface area contributed by atoms with E-state index in [1.165, 1.54) is 12.1 Å². The van der Waals surface area contributed by atoms with Crippen LogP contribution in [0.4, 0.5) is 0 Å². The predicted molar refractivity (Wildman–Crippen MR) is 83.3 cm³/mol. The van der Waals surface area contributed by atoms with Crippen molar-refractivity contribution in [3.05, 3.63) is 30.3 Å². The lowest BCUT2D eigenvalue weighted by Gasteiger charge is -2.22. The van der Waals surface area contributed by atoms with Crippen LogP contribution < -0.4 is 4.72 Å². The van der Waals surface area contributed by atoms with Gasteiger partial charge in [0, 0.05) is 26.1 Å². The first-order valence-electron chi connectivity index (χ1n) is 7.12. The molecule has 0 aliphatic rings. The summed E-state index contributed by atoms with van der Waals surface area (Å²) < 4.78 is 26.4. The van der Waals surface area contributed by atoms with Crippen LogP contribution in [0.5, 0.6) is 0 Å². The van der Waals surface area contributed by atoms with Gasteiger partial charge < -0.3 is 4.90 Å². The van der Waals surface area contributed by atoms with Gasteiger partial charge in [-0.25, -0.2) is 13.1 Å². The summed E-state index contributed by atoms with van der Waals surface area (Å²) in [5, 5.41) is 8.79. The SMILES string of the molecule is CCN(CC(C)C#N)C(=O)CCNS(=O)(=O)c1ccccc1. The standard InChI is InChI=1S/C15H21N3O3S/c1-3-18(12-13(2)11-16)15(19)9-10-17-22(20,21)14-7-5-4-6-8-14/h4-8,13,17H,3,9-10,12H2,1-2H3. The first-order valence-corrected chi connectivity index (χ1v) is 8.61. The van der Waals surface area contributed by atoms with Gasteiger partial charge in [-0.1, -0.05) is 18.2 Å². The summed E-state index contributed by atoms with van der Waals surface area (Å²) in [6.07, 6.45) is 0.0675. The molecule has 1 amide bonds. The third-order valence-corrected chi connectivity index (χ3v) is 4.61. The zero-order valence-corrected chi connectivity index (χ0v) is 13.6. The smallest absolute Gasteiger partial charge is 0.240 e. The molecule has 120 valence electrons. The van der Waals surface area contributed by atoms with Gasteiger partial charge in [0.05, 0.1) is 16.9 Å². The van der Waals surface area contributed by atoms with E-state index >= 15 is 0 Å². The minimum Gasteiger partial charge on any atom is -0.342 e. The minimum absolute atomic E-state index is 0.0352. The number of carbonyl (C=O) groups excluding carboxylic acids is 1. The molecule has 1 N–H and O–H groups in total. The summed E-state index contributed by atoms with van der Waals surface area (Å²) in [7, 11) is -3.59. The average Bonchev–Trinajstić information content (AvgIpc) is 2.52. The van der Waals surface area contributed by atoms with Gasteiger partial charge in [-0.05, 0) is 26.0 Å². The van der Waals surface area contributed by atoms with Crippen molar-refractivity contribution in [1.29, 1.82) is 5.26 Å². The Balaban J connectivity index is 2.53. The molecule has 0 spiro atoms. The Morgan fingerprint density at radius 1 is 1.36 bits per heavy atom. The van der Waals surface area contributed by atoms with Crippen molar-refractivity contribution < 1.29 is 13.2 Å². The second-order valence-electron chi connectivity index (χ2n) is 4.92. The van der Waals surface area contributed by atoms with E-state index in [0.29, 0.717) is 13.1 Å². The van der Waals surface area contributed by atoms with Gasteiger partial charge in [0.1, 0.15) is 0 Å². The number of benzene rings is 1. The van der Waals surface area contributed by atoms with Crippen LogP contribution in [0.25, 0.3) is 0 Å². The maximum atomic E-state index is 12.0. The third-order valence-electron chi connectivity index (χ3n) is 3.13. The Bertz CT molecular complexity index is 623. The van der Waals surface area contributed by atoms with E-state index in [2.05, 4.69) is 10.8 Å². The van der Waals surface area contributed by atoms with E-state index in [1.54, 1.807) is 30.0 Å². The number of rotatable bonds is 8. The number of sulfonamides is 1. The Hall–Kier alpha value is -1.91. The topological polar surface area (TPSA) is 90.3 Å². The van der Waals surface area contributed by atoms with Crippen LogP contribution in [0.15, 0.2) is 35.2 Å². The van der Waals surface area contributed by atoms with Crippen molar-refractivity contribution in [2.75, 3.05) is 19.6 Å². The fraction of sp³-hybridized carbons (Fsp3) is 0.467. The number of nitriles is 1. The molecule has 1 aromatic carbocycles. The van der Waals surface area contributed by atoms with Gasteiger partial charge in [0.25, 0.3) is 0 Å². The zero-order valence-electron chi connectivity index (χ0n) is 12.8. The molecule has 0 fully saturated rings. The largest absolute Gasteiger partial charge is 0.342 e. The molecule has 0 saturated carbocycles. The number of hydrogen-bond donors (Lipinski definition) is 1. The zero-order chi connectivity index (χ0) is 16.6. The molecule has 0 aliphatic heterocycles. The highest BCUT2D eigenvalue weighted by molar-refractivity contribution is 7.89. The first kappa shape index (κ1) is 18.1. The Labute approximate surface area is 131 Å². The monoisotopic (exact) mass is 323 g/mol. The van der Waals surface area contributed by atoms with E-state index in [9.17, 15) is 13.2 Å². The predicted octanol–water partition coefficient (Wildman–Crippen LogP) is 1.36. The molecular weight excluding hydrogens is 302 g/mol. The Morgan fingerprint density at radius 2 is 2.00 bits per heavy atom. The van der Waals surface area contributed by atoms with Gasteiger partial charge in [0.15, 0.2) is 0 Å². The van der Waals surface area contributed by atoms with E-state index in [-0.39, 0.29) is 29.7 Å². The van der Waals surface area contributed by atoms with Gasteiger partial charge in [-0.3, -0.25) is 4.79 Å². The molecule has 1 aromatic rings. The van der Waals surface area contributed by atoms with Crippen LogP contribution in [0.1, 0.15) is 20.3 Å². The van der Waals surface area contributed by atoms with Crippen LogP contribution in [0.2, 0.25) is 0 Å². The summed E-state index contributed by atoms with van der Waals surface area (Å²) in [6, 6.07) is 10.1. The highest BCUT2D eigenvalue weighted by Gasteiger charge is 2.17. The van der Waals surface area contributed by atoms with E-state index in [0.717, 1.165) is 0 Å². The molecule has 0 bridgehead atoms. The summed E-state index contributed by atoms with van der Waals surface area (Å²) in [5.41, 5.74) is 0. The molecule has 0 heterocycles. The maximum Gasteiger partial charge on any atom is 0.240 e. The molecule has 0 saturated heterocycles. The number of nitrogens with one attached hydrogen (secondary N) is 1. The normalized spacial score (nSPS) is 12.4. The highest BCUT2D eigenvalue weighted by atomic mass is 32.2. The lowest BCUT2D eigenvalue weighted by atomic mass is 10.2. The van der Waals surface area contributed by atoms with Crippen molar-refractivity contribution in [2.24, 2.45) is 5.92 Å². The lowest BCUT2D eigenvalue weighted by Crippen LogP contribution is -2.36. The summed E-state index contributed by atoms with van der Waals surface area (Å²) in [5.74, 6) is -0.412. The molecule has 0 radical (unpaired) electrons. The van der Waals surface area contributed by atoms with Crippen LogP contribution in [0.3, 0.4) is 0 Å². The van der Waals surface area contributed by atoms with Crippen LogP contribution in [-0.4, -0.2) is 38.9 Å². The Kier molecular flexibility index (Phi) is 7.02. The highest BCUT2D eigenvalue weighted by Crippen LogP contribution is 2.07. The molecule has 0 aliphatic carbocycles. The quantitative estimate of drug-likeness (QED) is 0.782. The molecule has 22 heavy (non-hydrogen) atoms. The molecule has 1 unspecified atom stereocenters. The molecule has 7 heteroatoms. The van der Waals surface area contributed by atoms with Crippen molar-refractivity contribution in [3.63, 3.8) is 0 Å². The van der Waals surface area contributed by atoms with Crippen molar-refractivity contribution >= 4 is 15.9 Å². The number of nitrogens with zero attached hydrogens (tertiary/aromatic N) is 2. The summed E-state index contributed by atoms with van der Waals surface area (Å²) in [6.45, 7) is 4.46. The second kappa shape index (κ2) is 8.51. The van der Waals surface area contributed by atoms with E-state index in [4.69, 9.17) is 5.26 Å². The van der Waals surface area contributed by atoms with Crippen LogP contribution in [0, 0.1) is 17.2 Å². The number of hydrogen-bond acceptors (Lipinski definition) is 4. The van der Waals surface area contributed by atoms with Crippen molar-refractivity contribution in [2.45, 2.75) is 25.2 Å². The van der Waals surface area contributed by atoms with Crippen LogP contribution >= 0.6 is 0 Å². The van der Waals surface area contributed by atoms with Gasteiger partial charge in [-0.2, -0.15) is 5.26 Å². The van der Waals surface area contributed by atoms with Crippen molar-refractivity contribution in [3.8, 4) is 6.07 Å². The van der Waals surface area contributed by atoms with Gasteiger partial charge >= 0.3 is 0 Å². The molecule has 1 atom stereocenters. The second-order valence-corrected chi connectivity index (χ2v) is 6.69.